The van der Waals surface area contributed by atoms with Crippen LogP contribution in [0.15, 0.2) is 71.7 Å². The molecule has 3 amide bonds. The van der Waals surface area contributed by atoms with Crippen molar-refractivity contribution in [2.75, 3.05) is 18.5 Å². The van der Waals surface area contributed by atoms with Crippen LogP contribution in [-0.4, -0.2) is 76.3 Å². The molecule has 0 unspecified atom stereocenters. The monoisotopic (exact) mass is 822 g/mol. The molecular formula is C42H51ClN4O11. The van der Waals surface area contributed by atoms with E-state index in [1.54, 1.807) is 77.9 Å². The Balaban J connectivity index is 1.59. The maximum atomic E-state index is 13.1. The smallest absolute Gasteiger partial charge is 0.437 e. The number of ether oxygens (including phenoxy) is 4. The van der Waals surface area contributed by atoms with Crippen LogP contribution in [0.5, 0.6) is 5.75 Å². The molecule has 0 saturated heterocycles. The number of aryl methyl sites for hydroxylation is 1. The van der Waals surface area contributed by atoms with Gasteiger partial charge in [0.2, 0.25) is 11.9 Å². The van der Waals surface area contributed by atoms with Gasteiger partial charge in [-0.1, -0.05) is 43.1 Å². The van der Waals surface area contributed by atoms with Crippen molar-refractivity contribution in [1.29, 1.82) is 0 Å². The summed E-state index contributed by atoms with van der Waals surface area (Å²) in [5, 5.41) is 15.0. The molecule has 0 saturated carbocycles. The number of guanidine groups is 1. The highest BCUT2D eigenvalue weighted by molar-refractivity contribution is 6.31. The number of esters is 2. The van der Waals surface area contributed by atoms with E-state index in [-0.39, 0.29) is 36.1 Å². The highest BCUT2D eigenvalue weighted by Gasteiger charge is 2.22. The molecule has 0 aliphatic carbocycles. The van der Waals surface area contributed by atoms with E-state index in [1.807, 2.05) is 6.92 Å². The molecule has 312 valence electrons. The lowest BCUT2D eigenvalue weighted by atomic mass is 10.1. The molecule has 0 aromatic heterocycles. The van der Waals surface area contributed by atoms with Crippen molar-refractivity contribution >= 4 is 59.2 Å². The maximum Gasteiger partial charge on any atom is 0.437 e. The molecule has 3 N–H and O–H groups in total. The number of halogens is 1. The fourth-order valence-electron chi connectivity index (χ4n) is 5.04. The summed E-state index contributed by atoms with van der Waals surface area (Å²) < 4.78 is 21.3. The Kier molecular flexibility index (Phi) is 17.2. The van der Waals surface area contributed by atoms with Crippen molar-refractivity contribution < 1.29 is 52.8 Å². The van der Waals surface area contributed by atoms with Crippen molar-refractivity contribution in [2.45, 2.75) is 98.3 Å². The van der Waals surface area contributed by atoms with Crippen LogP contribution in [0.2, 0.25) is 5.02 Å². The number of carbonyl (C=O) groups is 6. The average Bonchev–Trinajstić information content (AvgIpc) is 3.10. The number of rotatable bonds is 15. The fourth-order valence-corrected chi connectivity index (χ4v) is 5.31. The van der Waals surface area contributed by atoms with Crippen LogP contribution < -0.4 is 15.4 Å². The minimum Gasteiger partial charge on any atom is -0.480 e. The number of benzene rings is 3. The van der Waals surface area contributed by atoms with E-state index in [1.165, 1.54) is 35.2 Å². The van der Waals surface area contributed by atoms with Gasteiger partial charge in [0.1, 0.15) is 23.5 Å². The summed E-state index contributed by atoms with van der Waals surface area (Å²) in [6, 6.07) is 17.2. The lowest BCUT2D eigenvalue weighted by Crippen LogP contribution is -2.40. The second-order valence-electron chi connectivity index (χ2n) is 15.1. The summed E-state index contributed by atoms with van der Waals surface area (Å²) in [6.07, 6.45) is 0.581. The first-order valence-electron chi connectivity index (χ1n) is 18.7. The predicted molar refractivity (Wildman–Crippen MR) is 217 cm³/mol. The van der Waals surface area contributed by atoms with E-state index >= 15 is 0 Å². The molecule has 0 radical (unpaired) electrons. The predicted octanol–water partition coefficient (Wildman–Crippen LogP) is 8.18. The van der Waals surface area contributed by atoms with Gasteiger partial charge in [-0.3, -0.25) is 14.9 Å². The SMILES string of the molecule is CCCCOC(=O)c1cccc(CN(CC(=O)O)C(=O)CCCc2ccc(OC(=O)c3ccc(N/C(=N/C(=O)OC(C)(C)C)NC(=O)OC(C)(C)C)cc3)cc2Cl)c1. The van der Waals surface area contributed by atoms with E-state index in [9.17, 15) is 33.9 Å². The zero-order chi connectivity index (χ0) is 43.0. The Morgan fingerprint density at radius 2 is 1.52 bits per heavy atom. The van der Waals surface area contributed by atoms with Crippen LogP contribution in [-0.2, 0) is 36.8 Å². The van der Waals surface area contributed by atoms with Gasteiger partial charge in [0, 0.05) is 23.7 Å². The third kappa shape index (κ3) is 17.0. The molecule has 58 heavy (non-hydrogen) atoms. The summed E-state index contributed by atoms with van der Waals surface area (Å²) in [5.74, 6) is -2.81. The number of carboxylic acid groups (broad SMARTS) is 1. The molecule has 0 fully saturated rings. The van der Waals surface area contributed by atoms with Gasteiger partial charge in [-0.25, -0.2) is 19.2 Å². The van der Waals surface area contributed by atoms with E-state index in [0.717, 1.165) is 12.8 Å². The second kappa shape index (κ2) is 21.5. The number of nitrogens with one attached hydrogen (secondary N) is 2. The number of amides is 3. The number of hydrogen-bond acceptors (Lipinski definition) is 10. The highest BCUT2D eigenvalue weighted by Crippen LogP contribution is 2.25. The van der Waals surface area contributed by atoms with Crippen LogP contribution in [0, 0.1) is 0 Å². The first-order valence-corrected chi connectivity index (χ1v) is 19.0. The number of alkyl carbamates (subject to hydrolysis) is 1. The number of aliphatic carboxylic acids is 1. The lowest BCUT2D eigenvalue weighted by molar-refractivity contribution is -0.144. The Hall–Kier alpha value is -5.96. The molecule has 15 nitrogen and oxygen atoms in total. The molecule has 3 aromatic carbocycles. The van der Waals surface area contributed by atoms with Crippen LogP contribution in [0.25, 0.3) is 0 Å². The number of carboxylic acids is 1. The number of aliphatic imine (C=N–C) groups is 1. The van der Waals surface area contributed by atoms with E-state index < -0.39 is 47.8 Å². The van der Waals surface area contributed by atoms with E-state index in [4.69, 9.17) is 30.5 Å². The van der Waals surface area contributed by atoms with Crippen molar-refractivity contribution in [3.8, 4) is 5.75 Å². The average molecular weight is 823 g/mol. The van der Waals surface area contributed by atoms with Gasteiger partial charge in [-0.15, -0.1) is 4.99 Å². The Bertz CT molecular complexity index is 1970. The van der Waals surface area contributed by atoms with Gasteiger partial charge >= 0.3 is 30.1 Å². The van der Waals surface area contributed by atoms with Crippen molar-refractivity contribution in [3.05, 3.63) is 94.0 Å². The quantitative estimate of drug-likeness (QED) is 0.0332. The molecule has 0 heterocycles. The van der Waals surface area contributed by atoms with Crippen molar-refractivity contribution in [2.24, 2.45) is 4.99 Å². The van der Waals surface area contributed by atoms with Crippen molar-refractivity contribution in [1.82, 2.24) is 10.2 Å². The fraction of sp³-hybridized carbons (Fsp3) is 0.405. The molecule has 16 heteroatoms. The Morgan fingerprint density at radius 3 is 2.14 bits per heavy atom. The molecule has 0 atom stereocenters. The van der Waals surface area contributed by atoms with Crippen LogP contribution in [0.3, 0.4) is 0 Å². The van der Waals surface area contributed by atoms with Gasteiger partial charge in [-0.05, 0) is 120 Å². The number of nitrogens with zero attached hydrogens (tertiary/aromatic N) is 2. The highest BCUT2D eigenvalue weighted by atomic mass is 35.5. The summed E-state index contributed by atoms with van der Waals surface area (Å²) in [7, 11) is 0. The zero-order valence-electron chi connectivity index (χ0n) is 33.8. The molecule has 3 aromatic rings. The van der Waals surface area contributed by atoms with Gasteiger partial charge in [-0.2, -0.15) is 0 Å². The third-order valence-electron chi connectivity index (χ3n) is 7.62. The largest absolute Gasteiger partial charge is 0.480 e. The zero-order valence-corrected chi connectivity index (χ0v) is 34.6. The van der Waals surface area contributed by atoms with Crippen molar-refractivity contribution in [3.63, 3.8) is 0 Å². The Morgan fingerprint density at radius 1 is 0.828 bits per heavy atom. The summed E-state index contributed by atoms with van der Waals surface area (Å²) >= 11 is 6.51. The molecule has 0 aliphatic heterocycles. The normalized spacial score (nSPS) is 11.6. The van der Waals surface area contributed by atoms with Crippen LogP contribution in [0.4, 0.5) is 15.3 Å². The lowest BCUT2D eigenvalue weighted by Gasteiger charge is -2.21. The number of anilines is 1. The summed E-state index contributed by atoms with van der Waals surface area (Å²) in [4.78, 5) is 79.9. The molecule has 0 aliphatic rings. The molecule has 3 rings (SSSR count). The van der Waals surface area contributed by atoms with E-state index in [2.05, 4.69) is 15.6 Å². The molecule has 0 bridgehead atoms. The third-order valence-corrected chi connectivity index (χ3v) is 7.97. The van der Waals surface area contributed by atoms with Gasteiger partial charge in [0.15, 0.2) is 0 Å². The van der Waals surface area contributed by atoms with Crippen LogP contribution in [0.1, 0.15) is 106 Å². The van der Waals surface area contributed by atoms with E-state index in [0.29, 0.717) is 46.8 Å². The minimum absolute atomic E-state index is 0.00400. The van der Waals surface area contributed by atoms with Gasteiger partial charge in [0.05, 0.1) is 17.7 Å². The topological polar surface area (TPSA) is 199 Å². The molecular weight excluding hydrogens is 772 g/mol. The maximum absolute atomic E-state index is 13.1. The second-order valence-corrected chi connectivity index (χ2v) is 15.5. The first-order chi connectivity index (χ1) is 27.2. The van der Waals surface area contributed by atoms with Gasteiger partial charge < -0.3 is 34.3 Å². The van der Waals surface area contributed by atoms with Gasteiger partial charge in [0.25, 0.3) is 0 Å². The van der Waals surface area contributed by atoms with Crippen LogP contribution >= 0.6 is 11.6 Å². The Labute approximate surface area is 343 Å². The summed E-state index contributed by atoms with van der Waals surface area (Å²) in [5.41, 5.74) is 0.492. The number of carbonyl (C=O) groups excluding carboxylic acids is 5. The minimum atomic E-state index is -1.17. The molecule has 0 spiro atoms. The first kappa shape index (κ1) is 46.4. The number of hydrogen-bond donors (Lipinski definition) is 3. The standard InChI is InChI=1S/C42H51ClN4O11/c1-8-9-22-55-36(51)30-14-10-12-27(23-30)25-47(26-35(49)50)34(48)15-11-13-28-18-21-32(24-33(28)43)56-37(52)29-16-19-31(20-17-29)44-38(45-39(53)57-41(2,3)4)46-40(54)58-42(5,6)7/h10,12,14,16-21,23-24H,8-9,11,13,15,22,25-26H2,1-7H3,(H,49,50)(H2,44,45,46,53,54). The summed E-state index contributed by atoms with van der Waals surface area (Å²) in [6.45, 7) is 11.8. The number of unbranched alkanes of at least 4 members (excludes halogenated alkanes) is 1.